The zero-order chi connectivity index (χ0) is 33.8. The third kappa shape index (κ3) is 4.17. The lowest BCUT2D eigenvalue weighted by Crippen LogP contribution is -2.02. The van der Waals surface area contributed by atoms with E-state index in [1.807, 2.05) is 97.1 Å². The fraction of sp³-hybridized carbons (Fsp3) is 0. The Labute approximate surface area is 287 Å². The van der Waals surface area contributed by atoms with Crippen molar-refractivity contribution in [1.29, 1.82) is 15.8 Å². The van der Waals surface area contributed by atoms with Crippen molar-refractivity contribution in [3.8, 4) is 51.8 Å². The number of benzene rings is 7. The molecule has 0 atom stereocenters. The summed E-state index contributed by atoms with van der Waals surface area (Å²) < 4.78 is 4.32. The molecule has 7 aromatic carbocycles. The fourth-order valence-electron chi connectivity index (χ4n) is 7.58. The Hall–Kier alpha value is -7.39. The molecule has 0 radical (unpaired) electrons. The Kier molecular flexibility index (Phi) is 6.56. The second-order valence-electron chi connectivity index (χ2n) is 12.2. The van der Waals surface area contributed by atoms with Crippen molar-refractivity contribution in [3.63, 3.8) is 0 Å². The molecule has 0 N–H and O–H groups in total. The van der Waals surface area contributed by atoms with Crippen LogP contribution in [0.5, 0.6) is 0 Å². The molecular formula is C45H25N5. The monoisotopic (exact) mass is 635 g/mol. The lowest BCUT2D eigenvalue weighted by Gasteiger charge is -2.19. The Bertz CT molecular complexity index is 2920. The zero-order valence-electron chi connectivity index (χ0n) is 26.7. The lowest BCUT2D eigenvalue weighted by molar-refractivity contribution is 1.17. The summed E-state index contributed by atoms with van der Waals surface area (Å²) in [7, 11) is 0. The van der Waals surface area contributed by atoms with Gasteiger partial charge in [0, 0.05) is 32.7 Å². The molecule has 0 unspecified atom stereocenters. The number of rotatable bonds is 4. The van der Waals surface area contributed by atoms with Crippen LogP contribution >= 0.6 is 0 Å². The summed E-state index contributed by atoms with van der Waals surface area (Å²) in [4.78, 5) is 0. The molecule has 9 rings (SSSR count). The van der Waals surface area contributed by atoms with Gasteiger partial charge in [0.25, 0.3) is 0 Å². The predicted octanol–water partition coefficient (Wildman–Crippen LogP) is 10.8. The molecule has 5 nitrogen and oxygen atoms in total. The van der Waals surface area contributed by atoms with Gasteiger partial charge in [0.05, 0.1) is 56.2 Å². The van der Waals surface area contributed by atoms with E-state index in [-0.39, 0.29) is 0 Å². The molecule has 2 aromatic heterocycles. The van der Waals surface area contributed by atoms with Crippen molar-refractivity contribution in [2.24, 2.45) is 0 Å². The van der Waals surface area contributed by atoms with Crippen LogP contribution in [0.15, 0.2) is 152 Å². The van der Waals surface area contributed by atoms with Gasteiger partial charge in [0.2, 0.25) is 0 Å². The lowest BCUT2D eigenvalue weighted by atomic mass is 9.89. The average molecular weight is 636 g/mol. The van der Waals surface area contributed by atoms with Crippen LogP contribution < -0.4 is 0 Å². The Morgan fingerprint density at radius 2 is 0.900 bits per heavy atom. The first-order valence-corrected chi connectivity index (χ1v) is 16.3. The molecule has 0 fully saturated rings. The van der Waals surface area contributed by atoms with Crippen LogP contribution in [0.3, 0.4) is 0 Å². The highest BCUT2D eigenvalue weighted by molar-refractivity contribution is 6.11. The fourth-order valence-corrected chi connectivity index (χ4v) is 7.58. The molecular weight excluding hydrogens is 611 g/mol. The molecule has 0 saturated carbocycles. The summed E-state index contributed by atoms with van der Waals surface area (Å²) in [5.74, 6) is 0. The van der Waals surface area contributed by atoms with Crippen LogP contribution in [0.4, 0.5) is 0 Å². The molecule has 0 saturated heterocycles. The van der Waals surface area contributed by atoms with Crippen molar-refractivity contribution in [2.45, 2.75) is 0 Å². The number of nitrogens with zero attached hydrogens (tertiary/aromatic N) is 5. The highest BCUT2D eigenvalue weighted by atomic mass is 15.0. The molecule has 2 heterocycles. The molecule has 9 aromatic rings. The Morgan fingerprint density at radius 1 is 0.380 bits per heavy atom. The summed E-state index contributed by atoms with van der Waals surface area (Å²) in [5, 5.41) is 35.3. The number of nitriles is 3. The van der Waals surface area contributed by atoms with Gasteiger partial charge in [-0.05, 0) is 59.7 Å². The smallest absolute Gasteiger partial charge is 0.102 e. The molecule has 0 aliphatic carbocycles. The SMILES string of the molecule is N#Cc1ccc2c(c1)c1ccccc1n2-c1cccc(-c2ccccc2-c2cccc(C#N)c2-n2c3ccccc3c3ccccc32)c1C#N. The summed E-state index contributed by atoms with van der Waals surface area (Å²) in [6.45, 7) is 0. The number of aromatic nitrogens is 2. The van der Waals surface area contributed by atoms with Crippen molar-refractivity contribution in [2.75, 3.05) is 0 Å². The van der Waals surface area contributed by atoms with Gasteiger partial charge in [0.15, 0.2) is 0 Å². The molecule has 230 valence electrons. The highest BCUT2D eigenvalue weighted by Crippen LogP contribution is 2.43. The van der Waals surface area contributed by atoms with E-state index in [1.165, 1.54) is 0 Å². The van der Waals surface area contributed by atoms with Crippen LogP contribution in [-0.2, 0) is 0 Å². The van der Waals surface area contributed by atoms with E-state index in [4.69, 9.17) is 0 Å². The second kappa shape index (κ2) is 11.4. The molecule has 0 amide bonds. The van der Waals surface area contributed by atoms with E-state index in [1.54, 1.807) is 0 Å². The van der Waals surface area contributed by atoms with E-state index in [9.17, 15) is 15.8 Å². The van der Waals surface area contributed by atoms with Gasteiger partial charge in [-0.1, -0.05) is 103 Å². The molecule has 50 heavy (non-hydrogen) atoms. The quantitative estimate of drug-likeness (QED) is 0.193. The predicted molar refractivity (Wildman–Crippen MR) is 200 cm³/mol. The minimum atomic E-state index is 0.529. The van der Waals surface area contributed by atoms with Gasteiger partial charge in [-0.2, -0.15) is 15.8 Å². The topological polar surface area (TPSA) is 81.2 Å². The number of hydrogen-bond acceptors (Lipinski definition) is 3. The number of fused-ring (bicyclic) bond motifs is 6. The van der Waals surface area contributed by atoms with Gasteiger partial charge in [-0.25, -0.2) is 0 Å². The standard InChI is InChI=1S/C45H25N5/c46-26-29-23-24-44-38(25-29)36-16-5-6-19-40(36)49(44)43-22-10-17-33(39(43)28-48)31-12-1-2-13-32(31)37-18-9-11-30(27-47)45(37)50-41-20-7-3-14-34(41)35-15-4-8-21-42(35)50/h1-25H. The maximum absolute atomic E-state index is 10.9. The third-order valence-corrected chi connectivity index (χ3v) is 9.66. The Balaban J connectivity index is 1.33. The zero-order valence-corrected chi connectivity index (χ0v) is 26.7. The van der Waals surface area contributed by atoms with Crippen molar-refractivity contribution in [3.05, 3.63) is 168 Å². The number of hydrogen-bond donors (Lipinski definition) is 0. The van der Waals surface area contributed by atoms with E-state index >= 15 is 0 Å². The van der Waals surface area contributed by atoms with Gasteiger partial charge in [-0.15, -0.1) is 0 Å². The first-order valence-electron chi connectivity index (χ1n) is 16.3. The van der Waals surface area contributed by atoms with Crippen molar-refractivity contribution in [1.82, 2.24) is 9.13 Å². The van der Waals surface area contributed by atoms with Crippen molar-refractivity contribution >= 4 is 43.6 Å². The molecule has 0 aliphatic rings. The Morgan fingerprint density at radius 3 is 1.54 bits per heavy atom. The summed E-state index contributed by atoms with van der Waals surface area (Å²) in [6, 6.07) is 57.6. The average Bonchev–Trinajstić information content (AvgIpc) is 3.69. The van der Waals surface area contributed by atoms with E-state index in [2.05, 4.69) is 81.9 Å². The highest BCUT2D eigenvalue weighted by Gasteiger charge is 2.23. The first kappa shape index (κ1) is 28.8. The second-order valence-corrected chi connectivity index (χ2v) is 12.2. The summed E-state index contributed by atoms with van der Waals surface area (Å²) >= 11 is 0. The van der Waals surface area contributed by atoms with E-state index < -0.39 is 0 Å². The van der Waals surface area contributed by atoms with E-state index in [0.29, 0.717) is 16.7 Å². The van der Waals surface area contributed by atoms with Gasteiger partial charge >= 0.3 is 0 Å². The van der Waals surface area contributed by atoms with Crippen LogP contribution in [-0.4, -0.2) is 9.13 Å². The summed E-state index contributed by atoms with van der Waals surface area (Å²) in [5.41, 5.74) is 10.6. The minimum absolute atomic E-state index is 0.529. The molecule has 0 spiro atoms. The first-order chi connectivity index (χ1) is 24.7. The van der Waals surface area contributed by atoms with Crippen molar-refractivity contribution < 1.29 is 0 Å². The largest absolute Gasteiger partial charge is 0.308 e. The van der Waals surface area contributed by atoms with E-state index in [0.717, 1.165) is 77.2 Å². The maximum Gasteiger partial charge on any atom is 0.102 e. The van der Waals surface area contributed by atoms with Crippen LogP contribution in [0.25, 0.3) is 77.2 Å². The van der Waals surface area contributed by atoms with Gasteiger partial charge < -0.3 is 9.13 Å². The normalized spacial score (nSPS) is 11.1. The molecule has 0 bridgehead atoms. The van der Waals surface area contributed by atoms with Gasteiger partial charge in [-0.3, -0.25) is 0 Å². The minimum Gasteiger partial charge on any atom is -0.308 e. The van der Waals surface area contributed by atoms with Crippen LogP contribution in [0, 0.1) is 34.0 Å². The number of para-hydroxylation sites is 4. The van der Waals surface area contributed by atoms with Crippen LogP contribution in [0.2, 0.25) is 0 Å². The molecule has 0 aliphatic heterocycles. The maximum atomic E-state index is 10.9. The third-order valence-electron chi connectivity index (χ3n) is 9.66. The summed E-state index contributed by atoms with van der Waals surface area (Å²) in [6.07, 6.45) is 0. The van der Waals surface area contributed by atoms with Crippen LogP contribution in [0.1, 0.15) is 16.7 Å². The van der Waals surface area contributed by atoms with Gasteiger partial charge in [0.1, 0.15) is 12.1 Å². The molecule has 5 heteroatoms.